The summed E-state index contributed by atoms with van der Waals surface area (Å²) in [5, 5.41) is 10.7. The maximum atomic E-state index is 10.8. The molecule has 1 rings (SSSR count). The molecule has 0 spiro atoms. The van der Waals surface area contributed by atoms with Gasteiger partial charge < -0.3 is 4.74 Å². The molecule has 0 aliphatic heterocycles. The second-order valence-electron chi connectivity index (χ2n) is 2.82. The van der Waals surface area contributed by atoms with Crippen LogP contribution < -0.4 is 0 Å². The number of halogens is 1. The van der Waals surface area contributed by atoms with Crippen LogP contribution in [0.2, 0.25) is 0 Å². The monoisotopic (exact) mass is 285 g/mol. The number of hydrogen-bond donors (Lipinski definition) is 0. The van der Waals surface area contributed by atoms with E-state index in [-0.39, 0.29) is 5.69 Å². The zero-order valence-electron chi connectivity index (χ0n) is 8.34. The molecule has 0 fully saturated rings. The molecular weight excluding hydrogens is 278 g/mol. The Morgan fingerprint density at radius 1 is 1.56 bits per heavy atom. The lowest BCUT2D eigenvalue weighted by molar-refractivity contribution is -0.385. The van der Waals surface area contributed by atoms with Crippen molar-refractivity contribution in [2.75, 3.05) is 7.11 Å². The Morgan fingerprint density at radius 2 is 2.25 bits per heavy atom. The molecule has 0 atom stereocenters. The number of nitro benzene ring substituents is 1. The summed E-state index contributed by atoms with van der Waals surface area (Å²) in [7, 11) is 1.24. The minimum absolute atomic E-state index is 0.0745. The lowest BCUT2D eigenvalue weighted by Crippen LogP contribution is -1.95. The molecule has 0 aliphatic carbocycles. The standard InChI is InChI=1S/C10H8BrNO4/c1-16-10(13)5-3-7-2-4-8(11)6-9(7)12(14)15/h2-6H,1H3. The van der Waals surface area contributed by atoms with Gasteiger partial charge in [0.05, 0.1) is 17.6 Å². The zero-order chi connectivity index (χ0) is 12.1. The summed E-state index contributed by atoms with van der Waals surface area (Å²) < 4.78 is 5.00. The van der Waals surface area contributed by atoms with Gasteiger partial charge in [-0.2, -0.15) is 0 Å². The van der Waals surface area contributed by atoms with Gasteiger partial charge in [0, 0.05) is 16.6 Å². The van der Waals surface area contributed by atoms with Gasteiger partial charge in [0.15, 0.2) is 0 Å². The Hall–Kier alpha value is -1.69. The molecule has 0 aromatic heterocycles. The third-order valence-corrected chi connectivity index (χ3v) is 2.28. The molecule has 0 saturated heterocycles. The fourth-order valence-electron chi connectivity index (χ4n) is 1.04. The van der Waals surface area contributed by atoms with Gasteiger partial charge in [-0.25, -0.2) is 4.79 Å². The van der Waals surface area contributed by atoms with Crippen LogP contribution in [0.5, 0.6) is 0 Å². The Labute approximate surface area is 100.0 Å². The van der Waals surface area contributed by atoms with Crippen LogP contribution in [-0.4, -0.2) is 18.0 Å². The second-order valence-corrected chi connectivity index (χ2v) is 3.73. The van der Waals surface area contributed by atoms with Crippen LogP contribution >= 0.6 is 15.9 Å². The van der Waals surface area contributed by atoms with Crippen LogP contribution in [0.3, 0.4) is 0 Å². The molecule has 5 nitrogen and oxygen atoms in total. The van der Waals surface area contributed by atoms with Crippen molar-refractivity contribution in [3.8, 4) is 0 Å². The molecular formula is C10H8BrNO4. The van der Waals surface area contributed by atoms with Crippen molar-refractivity contribution in [2.24, 2.45) is 0 Å². The molecule has 0 bridgehead atoms. The number of benzene rings is 1. The quantitative estimate of drug-likeness (QED) is 0.370. The third kappa shape index (κ3) is 3.16. The van der Waals surface area contributed by atoms with E-state index in [1.165, 1.54) is 19.3 Å². The Morgan fingerprint density at radius 3 is 2.81 bits per heavy atom. The van der Waals surface area contributed by atoms with Crippen molar-refractivity contribution in [3.63, 3.8) is 0 Å². The molecule has 0 radical (unpaired) electrons. The molecule has 0 saturated carbocycles. The molecule has 0 aliphatic rings. The predicted molar refractivity (Wildman–Crippen MR) is 61.8 cm³/mol. The minimum Gasteiger partial charge on any atom is -0.466 e. The van der Waals surface area contributed by atoms with E-state index in [0.717, 1.165) is 6.08 Å². The van der Waals surface area contributed by atoms with Gasteiger partial charge in [-0.05, 0) is 18.2 Å². The van der Waals surface area contributed by atoms with Crippen LogP contribution in [0.25, 0.3) is 6.08 Å². The average Bonchev–Trinajstić information content (AvgIpc) is 2.26. The van der Waals surface area contributed by atoms with E-state index in [4.69, 9.17) is 0 Å². The van der Waals surface area contributed by atoms with Gasteiger partial charge in [0.25, 0.3) is 5.69 Å². The van der Waals surface area contributed by atoms with Crippen LogP contribution in [0.4, 0.5) is 5.69 Å². The minimum atomic E-state index is -0.558. The van der Waals surface area contributed by atoms with Crippen molar-refractivity contribution in [1.82, 2.24) is 0 Å². The van der Waals surface area contributed by atoms with E-state index in [1.807, 2.05) is 0 Å². The van der Waals surface area contributed by atoms with Crippen molar-refractivity contribution < 1.29 is 14.5 Å². The third-order valence-electron chi connectivity index (χ3n) is 1.79. The summed E-state index contributed by atoms with van der Waals surface area (Å²) in [6.07, 6.45) is 2.48. The van der Waals surface area contributed by atoms with Crippen molar-refractivity contribution in [2.45, 2.75) is 0 Å². The summed E-state index contributed by atoms with van der Waals surface area (Å²) in [5.41, 5.74) is 0.271. The number of methoxy groups -OCH3 is 1. The highest BCUT2D eigenvalue weighted by molar-refractivity contribution is 9.10. The van der Waals surface area contributed by atoms with Gasteiger partial charge in [-0.15, -0.1) is 0 Å². The van der Waals surface area contributed by atoms with Crippen molar-refractivity contribution in [1.29, 1.82) is 0 Å². The Balaban J connectivity index is 3.09. The fraction of sp³-hybridized carbons (Fsp3) is 0.100. The first-order valence-corrected chi connectivity index (χ1v) is 5.04. The molecule has 1 aromatic rings. The van der Waals surface area contributed by atoms with Crippen LogP contribution in [0.1, 0.15) is 5.56 Å². The summed E-state index contributed by atoms with van der Waals surface area (Å²) >= 11 is 3.14. The Kier molecular flexibility index (Phi) is 4.19. The van der Waals surface area contributed by atoms with Crippen molar-refractivity contribution in [3.05, 3.63) is 44.4 Å². The zero-order valence-corrected chi connectivity index (χ0v) is 9.93. The molecule has 0 N–H and O–H groups in total. The highest BCUT2D eigenvalue weighted by atomic mass is 79.9. The van der Waals surface area contributed by atoms with E-state index < -0.39 is 10.9 Å². The summed E-state index contributed by atoms with van der Waals surface area (Å²) in [4.78, 5) is 21.1. The average molecular weight is 286 g/mol. The van der Waals surface area contributed by atoms with E-state index >= 15 is 0 Å². The molecule has 16 heavy (non-hydrogen) atoms. The number of rotatable bonds is 3. The van der Waals surface area contributed by atoms with E-state index in [0.29, 0.717) is 10.0 Å². The van der Waals surface area contributed by atoms with Gasteiger partial charge >= 0.3 is 5.97 Å². The summed E-state index contributed by atoms with van der Waals surface area (Å²) in [6.45, 7) is 0. The van der Waals surface area contributed by atoms with E-state index in [1.54, 1.807) is 12.1 Å². The summed E-state index contributed by atoms with van der Waals surface area (Å²) in [5.74, 6) is -0.558. The molecule has 0 heterocycles. The molecule has 0 amide bonds. The molecule has 6 heteroatoms. The number of nitrogens with zero attached hydrogens (tertiary/aromatic N) is 1. The number of nitro groups is 1. The topological polar surface area (TPSA) is 69.4 Å². The first-order chi connectivity index (χ1) is 7.54. The van der Waals surface area contributed by atoms with E-state index in [9.17, 15) is 14.9 Å². The highest BCUT2D eigenvalue weighted by Gasteiger charge is 2.11. The van der Waals surface area contributed by atoms with Crippen LogP contribution in [0.15, 0.2) is 28.7 Å². The van der Waals surface area contributed by atoms with Crippen molar-refractivity contribution >= 4 is 33.7 Å². The largest absolute Gasteiger partial charge is 0.466 e. The second kappa shape index (κ2) is 5.41. The maximum absolute atomic E-state index is 10.8. The highest BCUT2D eigenvalue weighted by Crippen LogP contribution is 2.24. The van der Waals surface area contributed by atoms with Crippen LogP contribution in [-0.2, 0) is 9.53 Å². The van der Waals surface area contributed by atoms with Crippen LogP contribution in [0, 0.1) is 10.1 Å². The van der Waals surface area contributed by atoms with Gasteiger partial charge in [0.2, 0.25) is 0 Å². The lowest BCUT2D eigenvalue weighted by Gasteiger charge is -1.98. The number of carbonyl (C=O) groups is 1. The number of carbonyl (C=O) groups excluding carboxylic acids is 1. The van der Waals surface area contributed by atoms with E-state index in [2.05, 4.69) is 20.7 Å². The maximum Gasteiger partial charge on any atom is 0.330 e. The number of esters is 1. The molecule has 1 aromatic carbocycles. The van der Waals surface area contributed by atoms with Gasteiger partial charge in [-0.1, -0.05) is 15.9 Å². The molecule has 84 valence electrons. The summed E-state index contributed by atoms with van der Waals surface area (Å²) in [6, 6.07) is 4.57. The normalized spacial score (nSPS) is 10.4. The fourth-order valence-corrected chi connectivity index (χ4v) is 1.39. The van der Waals surface area contributed by atoms with Gasteiger partial charge in [0.1, 0.15) is 0 Å². The number of hydrogen-bond acceptors (Lipinski definition) is 4. The Bertz CT molecular complexity index is 456. The lowest BCUT2D eigenvalue weighted by atomic mass is 10.1. The SMILES string of the molecule is COC(=O)C=Cc1ccc(Br)cc1[N+](=O)[O-]. The first-order valence-electron chi connectivity index (χ1n) is 4.24. The molecule has 0 unspecified atom stereocenters. The van der Waals surface area contributed by atoms with Gasteiger partial charge in [-0.3, -0.25) is 10.1 Å². The number of ether oxygens (including phenoxy) is 1. The predicted octanol–water partition coefficient (Wildman–Crippen LogP) is 2.54. The smallest absolute Gasteiger partial charge is 0.330 e. The first kappa shape index (κ1) is 12.4.